The molecule has 0 saturated carbocycles. The minimum Gasteiger partial charge on any atom is -0.465 e. The van der Waals surface area contributed by atoms with Crippen LogP contribution in [0.15, 0.2) is 12.1 Å². The highest BCUT2D eigenvalue weighted by molar-refractivity contribution is 5.79. The van der Waals surface area contributed by atoms with Gasteiger partial charge in [-0.25, -0.2) is 9.18 Å². The Morgan fingerprint density at radius 3 is 2.90 bits per heavy atom. The zero-order chi connectivity index (χ0) is 14.9. The number of nitro groups is 1. The maximum absolute atomic E-state index is 13.5. The van der Waals surface area contributed by atoms with E-state index < -0.39 is 16.8 Å². The number of nitrogens with zero attached hydrogens (tertiary/aromatic N) is 2. The molecular formula is C11H13FN4O4. The third-order valence-corrected chi connectivity index (χ3v) is 3.17. The lowest BCUT2D eigenvalue weighted by Crippen LogP contribution is -2.36. The number of amides is 1. The Morgan fingerprint density at radius 2 is 2.30 bits per heavy atom. The summed E-state index contributed by atoms with van der Waals surface area (Å²) in [5.74, 6) is -0.736. The van der Waals surface area contributed by atoms with Gasteiger partial charge in [-0.15, -0.1) is 0 Å². The Labute approximate surface area is 113 Å². The van der Waals surface area contributed by atoms with E-state index in [-0.39, 0.29) is 29.6 Å². The smallest absolute Gasteiger partial charge is 0.404 e. The van der Waals surface area contributed by atoms with Crippen LogP contribution in [0.1, 0.15) is 6.42 Å². The molecule has 1 fully saturated rings. The summed E-state index contributed by atoms with van der Waals surface area (Å²) in [6.45, 7) is 0.570. The van der Waals surface area contributed by atoms with Gasteiger partial charge in [-0.1, -0.05) is 0 Å². The molecule has 9 heteroatoms. The van der Waals surface area contributed by atoms with Crippen molar-refractivity contribution in [3.63, 3.8) is 0 Å². The van der Waals surface area contributed by atoms with E-state index in [0.29, 0.717) is 13.0 Å². The monoisotopic (exact) mass is 284 g/mol. The second-order valence-corrected chi connectivity index (χ2v) is 4.47. The van der Waals surface area contributed by atoms with Crippen LogP contribution in [-0.2, 0) is 0 Å². The molecule has 1 aromatic carbocycles. The van der Waals surface area contributed by atoms with Crippen LogP contribution >= 0.6 is 0 Å². The normalized spacial score (nSPS) is 18.1. The first-order valence-electron chi connectivity index (χ1n) is 5.87. The molecule has 1 atom stereocenters. The molecule has 1 saturated heterocycles. The van der Waals surface area contributed by atoms with Crippen LogP contribution < -0.4 is 16.0 Å². The molecule has 2 rings (SSSR count). The van der Waals surface area contributed by atoms with Gasteiger partial charge in [0.2, 0.25) is 0 Å². The number of hydrogen-bond donors (Lipinski definition) is 3. The summed E-state index contributed by atoms with van der Waals surface area (Å²) in [6, 6.07) is 1.63. The summed E-state index contributed by atoms with van der Waals surface area (Å²) in [6.07, 6.45) is -0.696. The first-order valence-corrected chi connectivity index (χ1v) is 5.87. The molecule has 0 aliphatic carbocycles. The number of hydrogen-bond acceptors (Lipinski definition) is 5. The zero-order valence-electron chi connectivity index (χ0n) is 10.4. The minimum absolute atomic E-state index is 0.00434. The highest BCUT2D eigenvalue weighted by Crippen LogP contribution is 2.37. The average Bonchev–Trinajstić information content (AvgIpc) is 2.79. The fourth-order valence-corrected chi connectivity index (χ4v) is 2.31. The first-order chi connectivity index (χ1) is 9.40. The number of halogens is 1. The fraction of sp³-hybridized carbons (Fsp3) is 0.364. The summed E-state index contributed by atoms with van der Waals surface area (Å²) < 4.78 is 13.5. The molecule has 1 amide bonds. The number of nitro benzene ring substituents is 1. The van der Waals surface area contributed by atoms with E-state index in [4.69, 9.17) is 10.8 Å². The molecule has 1 heterocycles. The second kappa shape index (κ2) is 5.19. The predicted molar refractivity (Wildman–Crippen MR) is 69.2 cm³/mol. The van der Waals surface area contributed by atoms with Gasteiger partial charge in [0.25, 0.3) is 5.69 Å². The van der Waals surface area contributed by atoms with Crippen molar-refractivity contribution in [3.8, 4) is 0 Å². The molecule has 0 bridgehead atoms. The SMILES string of the molecule is Nc1c(F)ccc([N+](=O)[O-])c1N1CCC(NC(=O)O)C1. The average molecular weight is 284 g/mol. The Balaban J connectivity index is 2.31. The van der Waals surface area contributed by atoms with E-state index >= 15 is 0 Å². The maximum atomic E-state index is 13.5. The molecule has 1 aliphatic rings. The van der Waals surface area contributed by atoms with Gasteiger partial charge in [0.05, 0.1) is 16.7 Å². The van der Waals surface area contributed by atoms with Crippen molar-refractivity contribution in [2.75, 3.05) is 23.7 Å². The van der Waals surface area contributed by atoms with Crippen LogP contribution in [0.2, 0.25) is 0 Å². The van der Waals surface area contributed by atoms with E-state index in [9.17, 15) is 19.3 Å². The second-order valence-electron chi connectivity index (χ2n) is 4.47. The quantitative estimate of drug-likeness (QED) is 0.435. The van der Waals surface area contributed by atoms with Crippen molar-refractivity contribution < 1.29 is 19.2 Å². The van der Waals surface area contributed by atoms with E-state index in [2.05, 4.69) is 5.32 Å². The third-order valence-electron chi connectivity index (χ3n) is 3.17. The van der Waals surface area contributed by atoms with Crippen molar-refractivity contribution in [1.82, 2.24) is 5.32 Å². The topological polar surface area (TPSA) is 122 Å². The Kier molecular flexibility index (Phi) is 3.59. The molecule has 4 N–H and O–H groups in total. The highest BCUT2D eigenvalue weighted by atomic mass is 19.1. The highest BCUT2D eigenvalue weighted by Gasteiger charge is 2.31. The van der Waals surface area contributed by atoms with Crippen molar-refractivity contribution in [2.45, 2.75) is 12.5 Å². The van der Waals surface area contributed by atoms with E-state index in [1.54, 1.807) is 0 Å². The molecule has 1 aromatic rings. The molecule has 8 nitrogen and oxygen atoms in total. The third kappa shape index (κ3) is 2.56. The van der Waals surface area contributed by atoms with Crippen LogP contribution in [0.4, 0.5) is 26.2 Å². The Bertz CT molecular complexity index is 566. The van der Waals surface area contributed by atoms with Gasteiger partial charge in [-0.05, 0) is 12.5 Å². The van der Waals surface area contributed by atoms with Crippen LogP contribution in [0.5, 0.6) is 0 Å². The lowest BCUT2D eigenvalue weighted by atomic mass is 10.2. The molecule has 0 aromatic heterocycles. The van der Waals surface area contributed by atoms with Gasteiger partial charge in [0.15, 0.2) is 0 Å². The maximum Gasteiger partial charge on any atom is 0.404 e. The van der Waals surface area contributed by atoms with Gasteiger partial charge in [-0.2, -0.15) is 0 Å². The molecule has 0 spiro atoms. The predicted octanol–water partition coefficient (Wildman–Crippen LogP) is 1.16. The molecular weight excluding hydrogens is 271 g/mol. The summed E-state index contributed by atoms with van der Waals surface area (Å²) >= 11 is 0. The zero-order valence-corrected chi connectivity index (χ0v) is 10.4. The number of nitrogen functional groups attached to an aromatic ring is 1. The number of carboxylic acid groups (broad SMARTS) is 1. The van der Waals surface area contributed by atoms with Gasteiger partial charge < -0.3 is 21.1 Å². The van der Waals surface area contributed by atoms with Crippen molar-refractivity contribution in [2.24, 2.45) is 0 Å². The van der Waals surface area contributed by atoms with Crippen LogP contribution in [0.25, 0.3) is 0 Å². The lowest BCUT2D eigenvalue weighted by Gasteiger charge is -2.20. The Morgan fingerprint density at radius 1 is 1.60 bits per heavy atom. The van der Waals surface area contributed by atoms with E-state index in [1.165, 1.54) is 4.90 Å². The summed E-state index contributed by atoms with van der Waals surface area (Å²) in [4.78, 5) is 22.5. The summed E-state index contributed by atoms with van der Waals surface area (Å²) in [5, 5.41) is 21.9. The molecule has 1 unspecified atom stereocenters. The number of benzene rings is 1. The van der Waals surface area contributed by atoms with Gasteiger partial charge >= 0.3 is 6.09 Å². The van der Waals surface area contributed by atoms with Gasteiger partial charge in [0, 0.05) is 19.2 Å². The fourth-order valence-electron chi connectivity index (χ4n) is 2.31. The van der Waals surface area contributed by atoms with Crippen molar-refractivity contribution >= 4 is 23.2 Å². The first kappa shape index (κ1) is 13.8. The summed E-state index contributed by atoms with van der Waals surface area (Å²) in [7, 11) is 0. The van der Waals surface area contributed by atoms with Crippen LogP contribution in [0, 0.1) is 15.9 Å². The standard InChI is InChI=1S/C11H13FN4O4/c12-7-1-2-8(16(19)20)10(9(7)13)15-4-3-6(5-15)14-11(17)18/h1-2,6,14H,3-5,13H2,(H,17,18). The summed E-state index contributed by atoms with van der Waals surface area (Å²) in [5.41, 5.74) is 5.01. The van der Waals surface area contributed by atoms with E-state index in [1.807, 2.05) is 0 Å². The van der Waals surface area contributed by atoms with Crippen LogP contribution in [0.3, 0.4) is 0 Å². The number of anilines is 2. The number of rotatable bonds is 3. The number of nitrogens with one attached hydrogen (secondary N) is 1. The molecule has 1 aliphatic heterocycles. The number of carbonyl (C=O) groups is 1. The van der Waals surface area contributed by atoms with E-state index in [0.717, 1.165) is 12.1 Å². The number of nitrogens with two attached hydrogens (primary N) is 1. The van der Waals surface area contributed by atoms with Crippen LogP contribution in [-0.4, -0.2) is 35.3 Å². The van der Waals surface area contributed by atoms with Crippen molar-refractivity contribution in [3.05, 3.63) is 28.1 Å². The lowest BCUT2D eigenvalue weighted by molar-refractivity contribution is -0.384. The Hall–Kier alpha value is -2.58. The van der Waals surface area contributed by atoms with Gasteiger partial charge in [0.1, 0.15) is 11.5 Å². The van der Waals surface area contributed by atoms with Crippen molar-refractivity contribution in [1.29, 1.82) is 0 Å². The minimum atomic E-state index is -1.17. The molecule has 0 radical (unpaired) electrons. The van der Waals surface area contributed by atoms with Gasteiger partial charge in [-0.3, -0.25) is 10.1 Å². The largest absolute Gasteiger partial charge is 0.465 e. The molecule has 20 heavy (non-hydrogen) atoms. The molecule has 108 valence electrons.